The molecule has 2 aromatic rings. The monoisotopic (exact) mass is 379 g/mol. The lowest BCUT2D eigenvalue weighted by atomic mass is 9.77. The fourth-order valence-electron chi connectivity index (χ4n) is 4.60. The second-order valence-corrected chi connectivity index (χ2v) is 8.03. The molecule has 4 heteroatoms. The highest BCUT2D eigenvalue weighted by atomic mass is 16.5. The number of amides is 1. The first-order valence-corrected chi connectivity index (χ1v) is 10.4. The number of hydrogen-bond donors (Lipinski definition) is 1. The molecule has 1 aliphatic carbocycles. The van der Waals surface area contributed by atoms with Crippen molar-refractivity contribution in [1.82, 2.24) is 5.32 Å². The van der Waals surface area contributed by atoms with Gasteiger partial charge >= 0.3 is 0 Å². The highest BCUT2D eigenvalue weighted by molar-refractivity contribution is 5.95. The predicted octanol–water partition coefficient (Wildman–Crippen LogP) is 5.35. The largest absolute Gasteiger partial charge is 0.494 e. The molecule has 0 bridgehead atoms. The van der Waals surface area contributed by atoms with E-state index in [9.17, 15) is 4.79 Å². The number of carbonyl (C=O) groups excluding carboxylic acids is 1. The van der Waals surface area contributed by atoms with E-state index < -0.39 is 0 Å². The minimum atomic E-state index is -0.140. The van der Waals surface area contributed by atoms with Crippen LogP contribution in [0.15, 0.2) is 42.5 Å². The maximum absolute atomic E-state index is 13.0. The quantitative estimate of drug-likeness (QED) is 0.779. The van der Waals surface area contributed by atoms with E-state index >= 15 is 0 Å². The zero-order valence-electron chi connectivity index (χ0n) is 16.8. The summed E-state index contributed by atoms with van der Waals surface area (Å²) >= 11 is 0. The summed E-state index contributed by atoms with van der Waals surface area (Å²) < 4.78 is 12.1. The second kappa shape index (κ2) is 7.86. The SMILES string of the molecule is CCOc1ccc(C(=O)N[C@@H]2CC3(CCCCC3)Oc3ccccc32)cc1C. The van der Waals surface area contributed by atoms with Crippen LogP contribution in [0, 0.1) is 6.92 Å². The molecule has 1 amide bonds. The summed E-state index contributed by atoms with van der Waals surface area (Å²) in [6.07, 6.45) is 6.63. The highest BCUT2D eigenvalue weighted by Gasteiger charge is 2.42. The number of carbonyl (C=O) groups is 1. The minimum absolute atomic E-state index is 0.0255. The van der Waals surface area contributed by atoms with Gasteiger partial charge in [0, 0.05) is 17.5 Å². The van der Waals surface area contributed by atoms with Gasteiger partial charge in [-0.15, -0.1) is 0 Å². The Morgan fingerprint density at radius 3 is 2.71 bits per heavy atom. The van der Waals surface area contributed by atoms with Gasteiger partial charge in [-0.1, -0.05) is 24.6 Å². The molecule has 1 saturated carbocycles. The second-order valence-electron chi connectivity index (χ2n) is 8.03. The average molecular weight is 380 g/mol. The summed E-state index contributed by atoms with van der Waals surface area (Å²) in [5, 5.41) is 3.28. The number of para-hydroxylation sites is 1. The first-order chi connectivity index (χ1) is 13.6. The summed E-state index contributed by atoms with van der Waals surface area (Å²) in [4.78, 5) is 13.0. The third-order valence-electron chi connectivity index (χ3n) is 6.00. The van der Waals surface area contributed by atoms with E-state index in [1.54, 1.807) is 0 Å². The van der Waals surface area contributed by atoms with E-state index in [2.05, 4.69) is 11.4 Å². The Morgan fingerprint density at radius 1 is 1.18 bits per heavy atom. The fourth-order valence-corrected chi connectivity index (χ4v) is 4.60. The van der Waals surface area contributed by atoms with E-state index in [1.807, 2.05) is 50.2 Å². The summed E-state index contributed by atoms with van der Waals surface area (Å²) in [5.74, 6) is 1.71. The maximum atomic E-state index is 13.0. The molecule has 1 aliphatic heterocycles. The molecule has 0 unspecified atom stereocenters. The lowest BCUT2D eigenvalue weighted by molar-refractivity contribution is -0.00209. The number of ether oxygens (including phenoxy) is 2. The van der Waals surface area contributed by atoms with Gasteiger partial charge in [0.1, 0.15) is 17.1 Å². The topological polar surface area (TPSA) is 47.6 Å². The van der Waals surface area contributed by atoms with Crippen LogP contribution in [-0.2, 0) is 0 Å². The van der Waals surface area contributed by atoms with E-state index in [0.29, 0.717) is 12.2 Å². The van der Waals surface area contributed by atoms with Crippen molar-refractivity contribution in [3.63, 3.8) is 0 Å². The molecule has 0 saturated heterocycles. The molecule has 1 spiro atoms. The van der Waals surface area contributed by atoms with Crippen molar-refractivity contribution in [2.45, 2.75) is 64.0 Å². The smallest absolute Gasteiger partial charge is 0.251 e. The van der Waals surface area contributed by atoms with Gasteiger partial charge < -0.3 is 14.8 Å². The number of hydrogen-bond acceptors (Lipinski definition) is 3. The van der Waals surface area contributed by atoms with Crippen molar-refractivity contribution < 1.29 is 14.3 Å². The molecule has 4 rings (SSSR count). The Kier molecular flexibility index (Phi) is 5.29. The van der Waals surface area contributed by atoms with Crippen LogP contribution in [0.5, 0.6) is 11.5 Å². The Morgan fingerprint density at radius 2 is 1.96 bits per heavy atom. The van der Waals surface area contributed by atoms with Crippen molar-refractivity contribution in [2.24, 2.45) is 0 Å². The van der Waals surface area contributed by atoms with Crippen LogP contribution in [0.3, 0.4) is 0 Å². The van der Waals surface area contributed by atoms with E-state index in [-0.39, 0.29) is 17.6 Å². The van der Waals surface area contributed by atoms with Crippen LogP contribution < -0.4 is 14.8 Å². The number of nitrogens with one attached hydrogen (secondary N) is 1. The van der Waals surface area contributed by atoms with Gasteiger partial charge in [-0.25, -0.2) is 0 Å². The normalized spacial score (nSPS) is 20.1. The number of fused-ring (bicyclic) bond motifs is 1. The van der Waals surface area contributed by atoms with E-state index in [4.69, 9.17) is 9.47 Å². The van der Waals surface area contributed by atoms with Crippen LogP contribution in [0.1, 0.15) is 73.0 Å². The molecule has 1 atom stereocenters. The first kappa shape index (κ1) is 18.9. The Labute approximate surface area is 167 Å². The average Bonchev–Trinajstić information content (AvgIpc) is 2.70. The molecule has 0 aromatic heterocycles. The van der Waals surface area contributed by atoms with E-state index in [1.165, 1.54) is 19.3 Å². The van der Waals surface area contributed by atoms with Crippen molar-refractivity contribution in [1.29, 1.82) is 0 Å². The zero-order chi connectivity index (χ0) is 19.6. The van der Waals surface area contributed by atoms with Crippen LogP contribution in [0.25, 0.3) is 0 Å². The lowest BCUT2D eigenvalue weighted by Gasteiger charge is -2.44. The van der Waals surface area contributed by atoms with E-state index in [0.717, 1.165) is 41.9 Å². The Bertz CT molecular complexity index is 855. The summed E-state index contributed by atoms with van der Waals surface area (Å²) in [6.45, 7) is 4.56. The number of rotatable bonds is 4. The molecule has 2 aliphatic rings. The van der Waals surface area contributed by atoms with Crippen molar-refractivity contribution >= 4 is 5.91 Å². The molecule has 2 aromatic carbocycles. The zero-order valence-corrected chi connectivity index (χ0v) is 16.8. The maximum Gasteiger partial charge on any atom is 0.251 e. The van der Waals surface area contributed by atoms with Gasteiger partial charge in [0.25, 0.3) is 5.91 Å². The van der Waals surface area contributed by atoms with Gasteiger partial charge in [0.05, 0.1) is 12.6 Å². The third-order valence-corrected chi connectivity index (χ3v) is 6.00. The molecule has 28 heavy (non-hydrogen) atoms. The molecule has 4 nitrogen and oxygen atoms in total. The van der Waals surface area contributed by atoms with Crippen molar-refractivity contribution in [3.8, 4) is 11.5 Å². The third kappa shape index (κ3) is 3.73. The van der Waals surface area contributed by atoms with Crippen molar-refractivity contribution in [3.05, 3.63) is 59.2 Å². The standard InChI is InChI=1S/C24H29NO3/c1-3-27-21-12-11-18(15-17(21)2)23(26)25-20-16-24(13-7-4-8-14-24)28-22-10-6-5-9-19(20)22/h5-6,9-12,15,20H,3-4,7-8,13-14,16H2,1-2H3,(H,25,26)/t20-/m1/s1. The molecule has 1 heterocycles. The first-order valence-electron chi connectivity index (χ1n) is 10.4. The predicted molar refractivity (Wildman–Crippen MR) is 110 cm³/mol. The van der Waals surface area contributed by atoms with Gasteiger partial charge in [-0.2, -0.15) is 0 Å². The van der Waals surface area contributed by atoms with Gasteiger partial charge in [-0.05, 0) is 69.4 Å². The van der Waals surface area contributed by atoms with Crippen LogP contribution in [0.4, 0.5) is 0 Å². The Hall–Kier alpha value is -2.49. The summed E-state index contributed by atoms with van der Waals surface area (Å²) in [5.41, 5.74) is 2.59. The van der Waals surface area contributed by atoms with Crippen LogP contribution >= 0.6 is 0 Å². The van der Waals surface area contributed by atoms with Crippen molar-refractivity contribution in [2.75, 3.05) is 6.61 Å². The van der Waals surface area contributed by atoms with Gasteiger partial charge in [0.15, 0.2) is 0 Å². The highest BCUT2D eigenvalue weighted by Crippen LogP contribution is 2.46. The minimum Gasteiger partial charge on any atom is -0.494 e. The molecule has 148 valence electrons. The summed E-state index contributed by atoms with van der Waals surface area (Å²) in [6, 6.07) is 13.7. The fraction of sp³-hybridized carbons (Fsp3) is 0.458. The molecule has 1 fully saturated rings. The van der Waals surface area contributed by atoms with Gasteiger partial charge in [0.2, 0.25) is 0 Å². The van der Waals surface area contributed by atoms with Gasteiger partial charge in [-0.3, -0.25) is 4.79 Å². The summed E-state index contributed by atoms with van der Waals surface area (Å²) in [7, 11) is 0. The molecule has 0 radical (unpaired) electrons. The van der Waals surface area contributed by atoms with Crippen LogP contribution in [-0.4, -0.2) is 18.1 Å². The lowest BCUT2D eigenvalue weighted by Crippen LogP contribution is -2.46. The number of aryl methyl sites for hydroxylation is 1. The molecular formula is C24H29NO3. The molecule has 1 N–H and O–H groups in total. The Balaban J connectivity index is 1.57. The number of benzene rings is 2. The molecular weight excluding hydrogens is 350 g/mol. The van der Waals surface area contributed by atoms with Crippen LogP contribution in [0.2, 0.25) is 0 Å².